The quantitative estimate of drug-likeness (QED) is 0.901. The average Bonchev–Trinajstić information content (AvgIpc) is 2.74. The maximum absolute atomic E-state index is 12.7. The molecular weight excluding hydrogens is 292 g/mol. The lowest BCUT2D eigenvalue weighted by Gasteiger charge is -2.40. The lowest BCUT2D eigenvalue weighted by atomic mass is 9.75. The molecule has 0 bridgehead atoms. The topological polar surface area (TPSA) is 50.8 Å². The van der Waals surface area contributed by atoms with Crippen molar-refractivity contribution in [3.63, 3.8) is 0 Å². The fraction of sp³-hybridized carbons (Fsp3) is 0.611. The van der Waals surface area contributed by atoms with E-state index in [1.54, 1.807) is 0 Å². The van der Waals surface area contributed by atoms with Crippen molar-refractivity contribution in [2.45, 2.75) is 18.3 Å². The maximum atomic E-state index is 12.7. The van der Waals surface area contributed by atoms with Gasteiger partial charge in [-0.15, -0.1) is 0 Å². The summed E-state index contributed by atoms with van der Waals surface area (Å²) in [6.45, 7) is 5.68. The fourth-order valence-electron chi connectivity index (χ4n) is 4.22. The number of likely N-dealkylation sites (tertiary alicyclic amines) is 1. The summed E-state index contributed by atoms with van der Waals surface area (Å²) in [6.07, 6.45) is 1.99. The average molecular weight is 316 g/mol. The molecule has 0 saturated carbocycles. The first-order valence-electron chi connectivity index (χ1n) is 8.57. The predicted octanol–water partition coefficient (Wildman–Crippen LogP) is 1.64. The summed E-state index contributed by atoms with van der Waals surface area (Å²) >= 11 is 0. The van der Waals surface area contributed by atoms with Crippen LogP contribution in [-0.2, 0) is 19.7 Å². The van der Waals surface area contributed by atoms with E-state index in [-0.39, 0.29) is 11.3 Å². The molecule has 3 heterocycles. The minimum atomic E-state index is -0.374. The molecule has 0 aromatic heterocycles. The van der Waals surface area contributed by atoms with E-state index in [1.807, 2.05) is 18.2 Å². The number of carbonyl (C=O) groups is 1. The van der Waals surface area contributed by atoms with Crippen LogP contribution in [0.5, 0.6) is 0 Å². The second kappa shape index (κ2) is 6.23. The van der Waals surface area contributed by atoms with Gasteiger partial charge < -0.3 is 19.7 Å². The van der Waals surface area contributed by atoms with Crippen LogP contribution in [0.25, 0.3) is 0 Å². The van der Waals surface area contributed by atoms with E-state index < -0.39 is 0 Å². The summed E-state index contributed by atoms with van der Waals surface area (Å²) < 4.78 is 11.2. The monoisotopic (exact) mass is 316 g/mol. The highest BCUT2D eigenvalue weighted by atomic mass is 16.5. The lowest BCUT2D eigenvalue weighted by Crippen LogP contribution is -2.51. The molecule has 2 fully saturated rings. The third-order valence-electron chi connectivity index (χ3n) is 5.29. The van der Waals surface area contributed by atoms with E-state index in [4.69, 9.17) is 9.47 Å². The van der Waals surface area contributed by atoms with Gasteiger partial charge in [-0.05, 0) is 31.0 Å². The number of ether oxygens (including phenoxy) is 2. The van der Waals surface area contributed by atoms with E-state index in [1.165, 1.54) is 5.56 Å². The first-order chi connectivity index (χ1) is 11.3. The smallest absolute Gasteiger partial charge is 0.236 e. The van der Waals surface area contributed by atoms with Gasteiger partial charge in [0.05, 0.1) is 31.8 Å². The van der Waals surface area contributed by atoms with Gasteiger partial charge in [0.1, 0.15) is 0 Å². The number of hydrogen-bond acceptors (Lipinski definition) is 4. The summed E-state index contributed by atoms with van der Waals surface area (Å²) in [7, 11) is 0. The SMILES string of the molecule is O=C1Nc2ccccc2C12CCCN(CC1COCCOC1)C2. The molecule has 5 heteroatoms. The first-order valence-corrected chi connectivity index (χ1v) is 8.57. The van der Waals surface area contributed by atoms with Crippen molar-refractivity contribution in [1.29, 1.82) is 0 Å². The first kappa shape index (κ1) is 15.1. The number of nitrogens with zero attached hydrogens (tertiary/aromatic N) is 1. The van der Waals surface area contributed by atoms with Gasteiger partial charge >= 0.3 is 0 Å². The zero-order valence-corrected chi connectivity index (χ0v) is 13.4. The van der Waals surface area contributed by atoms with Crippen LogP contribution in [0, 0.1) is 5.92 Å². The summed E-state index contributed by atoms with van der Waals surface area (Å²) in [5, 5.41) is 3.08. The number of fused-ring (bicyclic) bond motifs is 2. The summed E-state index contributed by atoms with van der Waals surface area (Å²) in [5.41, 5.74) is 1.78. The number of hydrogen-bond donors (Lipinski definition) is 1. The zero-order chi connectivity index (χ0) is 15.7. The molecule has 1 amide bonds. The van der Waals surface area contributed by atoms with Crippen molar-refractivity contribution in [2.24, 2.45) is 5.92 Å². The molecule has 1 atom stereocenters. The number of rotatable bonds is 2. The van der Waals surface area contributed by atoms with Crippen LogP contribution in [0.4, 0.5) is 5.69 Å². The van der Waals surface area contributed by atoms with Gasteiger partial charge in [-0.1, -0.05) is 18.2 Å². The maximum Gasteiger partial charge on any atom is 0.236 e. The molecule has 3 aliphatic rings. The molecule has 1 N–H and O–H groups in total. The van der Waals surface area contributed by atoms with E-state index in [9.17, 15) is 4.79 Å². The second-order valence-electron chi connectivity index (χ2n) is 6.94. The lowest BCUT2D eigenvalue weighted by molar-refractivity contribution is -0.123. The van der Waals surface area contributed by atoms with Gasteiger partial charge in [0.2, 0.25) is 5.91 Å². The third kappa shape index (κ3) is 2.77. The van der Waals surface area contributed by atoms with Crippen molar-refractivity contribution >= 4 is 11.6 Å². The van der Waals surface area contributed by atoms with E-state index in [2.05, 4.69) is 16.3 Å². The minimum Gasteiger partial charge on any atom is -0.379 e. The minimum absolute atomic E-state index is 0.164. The Morgan fingerprint density at radius 1 is 1.22 bits per heavy atom. The van der Waals surface area contributed by atoms with Crippen LogP contribution >= 0.6 is 0 Å². The van der Waals surface area contributed by atoms with Crippen LogP contribution in [0.15, 0.2) is 24.3 Å². The van der Waals surface area contributed by atoms with Crippen LogP contribution in [0.2, 0.25) is 0 Å². The number of piperidine rings is 1. The van der Waals surface area contributed by atoms with Gasteiger partial charge in [0.25, 0.3) is 0 Å². The number of benzene rings is 1. The Labute approximate surface area is 136 Å². The van der Waals surface area contributed by atoms with Crippen molar-refractivity contribution in [2.75, 3.05) is 51.4 Å². The Morgan fingerprint density at radius 3 is 2.83 bits per heavy atom. The normalized spacial score (nSPS) is 29.3. The molecule has 1 unspecified atom stereocenters. The summed E-state index contributed by atoms with van der Waals surface area (Å²) in [5.74, 6) is 0.559. The second-order valence-corrected chi connectivity index (χ2v) is 6.94. The molecule has 0 aliphatic carbocycles. The zero-order valence-electron chi connectivity index (χ0n) is 13.4. The van der Waals surface area contributed by atoms with Crippen LogP contribution in [-0.4, -0.2) is 56.9 Å². The van der Waals surface area contributed by atoms with Crippen LogP contribution in [0.3, 0.4) is 0 Å². The fourth-order valence-corrected chi connectivity index (χ4v) is 4.22. The number of anilines is 1. The summed E-state index contributed by atoms with van der Waals surface area (Å²) in [4.78, 5) is 15.1. The van der Waals surface area contributed by atoms with Crippen molar-refractivity contribution in [1.82, 2.24) is 4.90 Å². The third-order valence-corrected chi connectivity index (χ3v) is 5.29. The molecule has 23 heavy (non-hydrogen) atoms. The largest absolute Gasteiger partial charge is 0.379 e. The molecule has 2 saturated heterocycles. The van der Waals surface area contributed by atoms with Gasteiger partial charge in [0.15, 0.2) is 0 Å². The Kier molecular flexibility index (Phi) is 4.09. The van der Waals surface area contributed by atoms with Gasteiger partial charge in [-0.3, -0.25) is 4.79 Å². The number of carbonyl (C=O) groups excluding carboxylic acids is 1. The molecular formula is C18H24N2O3. The molecule has 4 rings (SSSR count). The highest BCUT2D eigenvalue weighted by Crippen LogP contribution is 2.43. The number of amides is 1. The predicted molar refractivity (Wildman–Crippen MR) is 87.6 cm³/mol. The van der Waals surface area contributed by atoms with Crippen molar-refractivity contribution < 1.29 is 14.3 Å². The van der Waals surface area contributed by atoms with Crippen LogP contribution in [0.1, 0.15) is 18.4 Å². The van der Waals surface area contributed by atoms with E-state index >= 15 is 0 Å². The molecule has 1 aromatic rings. The van der Waals surface area contributed by atoms with E-state index in [0.29, 0.717) is 19.1 Å². The summed E-state index contributed by atoms with van der Waals surface area (Å²) in [6, 6.07) is 8.13. The molecule has 124 valence electrons. The molecule has 1 aromatic carbocycles. The van der Waals surface area contributed by atoms with E-state index in [0.717, 1.165) is 51.4 Å². The highest BCUT2D eigenvalue weighted by Gasteiger charge is 2.49. The van der Waals surface area contributed by atoms with Crippen LogP contribution < -0.4 is 5.32 Å². The van der Waals surface area contributed by atoms with Gasteiger partial charge in [-0.25, -0.2) is 0 Å². The Hall–Kier alpha value is -1.43. The number of para-hydroxylation sites is 1. The molecule has 1 spiro atoms. The van der Waals surface area contributed by atoms with Crippen molar-refractivity contribution in [3.05, 3.63) is 29.8 Å². The Morgan fingerprint density at radius 2 is 2.00 bits per heavy atom. The van der Waals surface area contributed by atoms with Crippen molar-refractivity contribution in [3.8, 4) is 0 Å². The highest BCUT2D eigenvalue weighted by molar-refractivity contribution is 6.06. The Bertz CT molecular complexity index is 583. The standard InChI is InChI=1S/C18H24N2O3/c21-17-18(15-4-1-2-5-16(15)19-17)6-3-7-20(13-18)10-14-11-22-8-9-23-12-14/h1-2,4-5,14H,3,6-13H2,(H,19,21). The molecule has 3 aliphatic heterocycles. The number of nitrogens with one attached hydrogen (secondary N) is 1. The molecule has 0 radical (unpaired) electrons. The van der Waals surface area contributed by atoms with Gasteiger partial charge in [-0.2, -0.15) is 0 Å². The van der Waals surface area contributed by atoms with Gasteiger partial charge in [0, 0.05) is 24.7 Å². The Balaban J connectivity index is 1.51. The molecule has 5 nitrogen and oxygen atoms in total.